The molecule has 0 bridgehead atoms. The third kappa shape index (κ3) is 1.13. The summed E-state index contributed by atoms with van der Waals surface area (Å²) in [5, 5.41) is 9.56. The van der Waals surface area contributed by atoms with Gasteiger partial charge in [0.15, 0.2) is 0 Å². The molecule has 0 spiro atoms. The lowest BCUT2D eigenvalue weighted by Gasteiger charge is -1.98. The molecule has 1 aromatic heterocycles. The Labute approximate surface area is 79.1 Å². The summed E-state index contributed by atoms with van der Waals surface area (Å²) in [6, 6.07) is 5.45. The summed E-state index contributed by atoms with van der Waals surface area (Å²) >= 11 is 11.7. The van der Waals surface area contributed by atoms with Gasteiger partial charge in [0.1, 0.15) is 5.52 Å². The molecule has 0 unspecified atom stereocenters. The number of rotatable bonds is 0. The average Bonchev–Trinajstić information content (AvgIpc) is 2.07. The summed E-state index contributed by atoms with van der Waals surface area (Å²) in [5.41, 5.74) is 0.645. The van der Waals surface area contributed by atoms with Gasteiger partial charge < -0.3 is 0 Å². The average molecular weight is 199 g/mol. The number of benzene rings is 1. The molecule has 0 aliphatic heterocycles. The van der Waals surface area contributed by atoms with Crippen molar-refractivity contribution < 1.29 is 0 Å². The summed E-state index contributed by atoms with van der Waals surface area (Å²) in [6.07, 6.45) is 1.50. The van der Waals surface area contributed by atoms with Gasteiger partial charge in [0.2, 0.25) is 0 Å². The maximum absolute atomic E-state index is 5.87. The Morgan fingerprint density at radius 1 is 1.08 bits per heavy atom. The van der Waals surface area contributed by atoms with Crippen molar-refractivity contribution in [2.24, 2.45) is 0 Å². The van der Waals surface area contributed by atoms with Crippen molar-refractivity contribution in [3.8, 4) is 0 Å². The molecule has 0 radical (unpaired) electrons. The molecule has 0 atom stereocenters. The Morgan fingerprint density at radius 3 is 2.67 bits per heavy atom. The van der Waals surface area contributed by atoms with Gasteiger partial charge in [0.25, 0.3) is 0 Å². The van der Waals surface area contributed by atoms with Gasteiger partial charge in [-0.3, -0.25) is 0 Å². The van der Waals surface area contributed by atoms with Crippen LogP contribution in [0.25, 0.3) is 10.9 Å². The molecule has 0 amide bonds. The zero-order valence-corrected chi connectivity index (χ0v) is 7.47. The molecule has 0 N–H and O–H groups in total. The van der Waals surface area contributed by atoms with Crippen molar-refractivity contribution in [1.82, 2.24) is 10.2 Å². The van der Waals surface area contributed by atoms with Gasteiger partial charge in [0.05, 0.1) is 16.2 Å². The third-order valence-corrected chi connectivity index (χ3v) is 2.18. The molecule has 0 aliphatic rings. The Hall–Kier alpha value is -0.860. The minimum absolute atomic E-state index is 0.572. The van der Waals surface area contributed by atoms with E-state index in [4.69, 9.17) is 23.2 Å². The molecular formula is C8H4Cl2N2. The first-order chi connectivity index (χ1) is 5.79. The van der Waals surface area contributed by atoms with Gasteiger partial charge >= 0.3 is 0 Å². The second kappa shape index (κ2) is 2.88. The number of hydrogen-bond donors (Lipinski definition) is 0. The minimum atomic E-state index is 0.572. The highest BCUT2D eigenvalue weighted by molar-refractivity contribution is 6.38. The van der Waals surface area contributed by atoms with E-state index in [1.807, 2.05) is 12.1 Å². The predicted molar refractivity (Wildman–Crippen MR) is 49.6 cm³/mol. The largest absolute Gasteiger partial charge is 0.157 e. The highest BCUT2D eigenvalue weighted by Crippen LogP contribution is 2.25. The highest BCUT2D eigenvalue weighted by Gasteiger charge is 2.02. The summed E-state index contributed by atoms with van der Waals surface area (Å²) in [4.78, 5) is 0. The highest BCUT2D eigenvalue weighted by atomic mass is 35.5. The lowest BCUT2D eigenvalue weighted by molar-refractivity contribution is 1.08. The van der Waals surface area contributed by atoms with Gasteiger partial charge in [-0.15, -0.1) is 5.10 Å². The second-order valence-electron chi connectivity index (χ2n) is 2.33. The number of halogens is 2. The predicted octanol–water partition coefficient (Wildman–Crippen LogP) is 2.94. The Balaban J connectivity index is 2.94. The van der Waals surface area contributed by atoms with Crippen molar-refractivity contribution in [2.75, 3.05) is 0 Å². The van der Waals surface area contributed by atoms with E-state index in [1.54, 1.807) is 6.07 Å². The lowest BCUT2D eigenvalue weighted by atomic mass is 10.2. The molecule has 2 aromatic rings. The topological polar surface area (TPSA) is 25.8 Å². The zero-order chi connectivity index (χ0) is 8.55. The summed E-state index contributed by atoms with van der Waals surface area (Å²) in [5.74, 6) is 0. The van der Waals surface area contributed by atoms with Crippen LogP contribution in [0.1, 0.15) is 0 Å². The Morgan fingerprint density at radius 2 is 1.92 bits per heavy atom. The normalized spacial score (nSPS) is 10.5. The molecule has 1 heterocycles. The molecule has 2 nitrogen and oxygen atoms in total. The third-order valence-electron chi connectivity index (χ3n) is 1.57. The molecule has 12 heavy (non-hydrogen) atoms. The van der Waals surface area contributed by atoms with Crippen LogP contribution in [0.3, 0.4) is 0 Å². The molecule has 60 valence electrons. The fraction of sp³-hybridized carbons (Fsp3) is 0. The molecule has 0 saturated carbocycles. The lowest BCUT2D eigenvalue weighted by Crippen LogP contribution is -1.84. The minimum Gasteiger partial charge on any atom is -0.157 e. The molecule has 4 heteroatoms. The maximum Gasteiger partial charge on any atom is 0.113 e. The standard InChI is InChI=1S/C8H4Cl2N2/c9-6-3-1-2-5-7(10)4-11-12-8(5)6/h1-4H. The summed E-state index contributed by atoms with van der Waals surface area (Å²) in [7, 11) is 0. The molecule has 0 aliphatic carbocycles. The first kappa shape index (κ1) is 7.77. The molecule has 1 aromatic carbocycles. The number of fused-ring (bicyclic) bond motifs is 1. The van der Waals surface area contributed by atoms with Crippen LogP contribution in [0.2, 0.25) is 10.0 Å². The smallest absolute Gasteiger partial charge is 0.113 e. The van der Waals surface area contributed by atoms with Crippen LogP contribution >= 0.6 is 23.2 Å². The van der Waals surface area contributed by atoms with Gasteiger partial charge in [-0.05, 0) is 6.07 Å². The van der Waals surface area contributed by atoms with E-state index in [1.165, 1.54) is 6.20 Å². The molecule has 0 fully saturated rings. The fourth-order valence-electron chi connectivity index (χ4n) is 1.02. The van der Waals surface area contributed by atoms with E-state index in [2.05, 4.69) is 10.2 Å². The van der Waals surface area contributed by atoms with Gasteiger partial charge in [0, 0.05) is 5.39 Å². The summed E-state index contributed by atoms with van der Waals surface area (Å²) in [6.45, 7) is 0. The van der Waals surface area contributed by atoms with Gasteiger partial charge in [-0.1, -0.05) is 35.3 Å². The van der Waals surface area contributed by atoms with E-state index in [0.29, 0.717) is 15.6 Å². The second-order valence-corrected chi connectivity index (χ2v) is 3.14. The van der Waals surface area contributed by atoms with Crippen LogP contribution in [0.4, 0.5) is 0 Å². The van der Waals surface area contributed by atoms with Crippen LogP contribution < -0.4 is 0 Å². The number of hydrogen-bond acceptors (Lipinski definition) is 2. The van der Waals surface area contributed by atoms with Crippen molar-refractivity contribution >= 4 is 34.1 Å². The van der Waals surface area contributed by atoms with Crippen LogP contribution in [0.5, 0.6) is 0 Å². The van der Waals surface area contributed by atoms with Crippen LogP contribution in [-0.4, -0.2) is 10.2 Å². The van der Waals surface area contributed by atoms with Crippen molar-refractivity contribution in [3.63, 3.8) is 0 Å². The maximum atomic E-state index is 5.87. The van der Waals surface area contributed by atoms with Crippen LogP contribution in [-0.2, 0) is 0 Å². The number of aromatic nitrogens is 2. The van der Waals surface area contributed by atoms with Gasteiger partial charge in [-0.25, -0.2) is 0 Å². The first-order valence-electron chi connectivity index (χ1n) is 3.34. The van der Waals surface area contributed by atoms with Crippen LogP contribution in [0, 0.1) is 0 Å². The van der Waals surface area contributed by atoms with Crippen molar-refractivity contribution in [1.29, 1.82) is 0 Å². The molecule has 0 saturated heterocycles. The Kier molecular flexibility index (Phi) is 1.87. The van der Waals surface area contributed by atoms with Crippen molar-refractivity contribution in [2.45, 2.75) is 0 Å². The monoisotopic (exact) mass is 198 g/mol. The zero-order valence-electron chi connectivity index (χ0n) is 5.96. The van der Waals surface area contributed by atoms with Gasteiger partial charge in [-0.2, -0.15) is 5.10 Å². The van der Waals surface area contributed by atoms with E-state index < -0.39 is 0 Å². The molecular weight excluding hydrogens is 195 g/mol. The molecule has 2 rings (SSSR count). The van der Waals surface area contributed by atoms with E-state index >= 15 is 0 Å². The Bertz CT molecular complexity index is 387. The van der Waals surface area contributed by atoms with Crippen LogP contribution in [0.15, 0.2) is 24.4 Å². The van der Waals surface area contributed by atoms with Crippen molar-refractivity contribution in [3.05, 3.63) is 34.4 Å². The van der Waals surface area contributed by atoms with E-state index in [0.717, 1.165) is 5.39 Å². The quantitative estimate of drug-likeness (QED) is 0.651. The summed E-state index contributed by atoms with van der Waals surface area (Å²) < 4.78 is 0. The fourth-order valence-corrected chi connectivity index (χ4v) is 1.43. The van der Waals surface area contributed by atoms with E-state index in [9.17, 15) is 0 Å². The number of nitrogens with zero attached hydrogens (tertiary/aromatic N) is 2. The van der Waals surface area contributed by atoms with E-state index in [-0.39, 0.29) is 0 Å². The first-order valence-corrected chi connectivity index (χ1v) is 4.10. The SMILES string of the molecule is Clc1cnnc2c(Cl)cccc12.